The fourth-order valence-electron chi connectivity index (χ4n) is 2.51. The zero-order chi connectivity index (χ0) is 11.2. The largest absolute Gasteiger partial charge is 0.311 e. The SMILES string of the molecule is C[C@@H](CCn1cccn1)NC1CCCCC1. The molecule has 0 aliphatic heterocycles. The normalized spacial score (nSPS) is 19.8. The maximum Gasteiger partial charge on any atom is 0.0489 e. The molecule has 1 atom stereocenters. The summed E-state index contributed by atoms with van der Waals surface area (Å²) >= 11 is 0. The van der Waals surface area contributed by atoms with Crippen LogP contribution in [0, 0.1) is 0 Å². The van der Waals surface area contributed by atoms with E-state index in [4.69, 9.17) is 0 Å². The van der Waals surface area contributed by atoms with Crippen LogP contribution in [0.15, 0.2) is 18.5 Å². The summed E-state index contributed by atoms with van der Waals surface area (Å²) in [5.74, 6) is 0. The lowest BCUT2D eigenvalue weighted by atomic mass is 9.95. The second-order valence-electron chi connectivity index (χ2n) is 4.96. The van der Waals surface area contributed by atoms with Crippen LogP contribution in [0.2, 0.25) is 0 Å². The van der Waals surface area contributed by atoms with Crippen LogP contribution in [0.4, 0.5) is 0 Å². The van der Waals surface area contributed by atoms with Gasteiger partial charge in [-0.15, -0.1) is 0 Å². The monoisotopic (exact) mass is 221 g/mol. The summed E-state index contributed by atoms with van der Waals surface area (Å²) < 4.78 is 2.01. The molecule has 3 nitrogen and oxygen atoms in total. The number of rotatable bonds is 5. The lowest BCUT2D eigenvalue weighted by Crippen LogP contribution is -2.38. The Hall–Kier alpha value is -0.830. The van der Waals surface area contributed by atoms with Gasteiger partial charge >= 0.3 is 0 Å². The van der Waals surface area contributed by atoms with E-state index in [1.807, 2.05) is 23.1 Å². The van der Waals surface area contributed by atoms with Gasteiger partial charge < -0.3 is 5.32 Å². The fourth-order valence-corrected chi connectivity index (χ4v) is 2.51. The van der Waals surface area contributed by atoms with Gasteiger partial charge in [0.1, 0.15) is 0 Å². The van der Waals surface area contributed by atoms with E-state index in [2.05, 4.69) is 17.3 Å². The molecule has 0 unspecified atom stereocenters. The first-order chi connectivity index (χ1) is 7.84. The minimum atomic E-state index is 0.604. The molecular weight excluding hydrogens is 198 g/mol. The number of nitrogens with zero attached hydrogens (tertiary/aromatic N) is 2. The molecule has 1 fully saturated rings. The lowest BCUT2D eigenvalue weighted by molar-refractivity contribution is 0.328. The molecule has 0 aromatic carbocycles. The second-order valence-corrected chi connectivity index (χ2v) is 4.96. The van der Waals surface area contributed by atoms with Crippen molar-refractivity contribution in [2.45, 2.75) is 64.1 Å². The maximum atomic E-state index is 4.22. The molecule has 1 saturated carbocycles. The highest BCUT2D eigenvalue weighted by atomic mass is 15.3. The maximum absolute atomic E-state index is 4.22. The third-order valence-electron chi connectivity index (χ3n) is 3.48. The summed E-state index contributed by atoms with van der Waals surface area (Å²) in [5.41, 5.74) is 0. The van der Waals surface area contributed by atoms with Crippen LogP contribution in [0.5, 0.6) is 0 Å². The van der Waals surface area contributed by atoms with Crippen LogP contribution >= 0.6 is 0 Å². The van der Waals surface area contributed by atoms with Crippen molar-refractivity contribution in [1.29, 1.82) is 0 Å². The number of nitrogens with one attached hydrogen (secondary N) is 1. The zero-order valence-electron chi connectivity index (χ0n) is 10.2. The summed E-state index contributed by atoms with van der Waals surface area (Å²) in [6.45, 7) is 3.31. The van der Waals surface area contributed by atoms with Crippen LogP contribution in [0.3, 0.4) is 0 Å². The van der Waals surface area contributed by atoms with Crippen LogP contribution < -0.4 is 5.32 Å². The standard InChI is InChI=1S/C13H23N3/c1-12(8-11-16-10-5-9-14-16)15-13-6-3-2-4-7-13/h5,9-10,12-13,15H,2-4,6-8,11H2,1H3/t12-/m0/s1. The average Bonchev–Trinajstić information content (AvgIpc) is 2.81. The van der Waals surface area contributed by atoms with Gasteiger partial charge in [0.25, 0.3) is 0 Å². The topological polar surface area (TPSA) is 29.9 Å². The van der Waals surface area contributed by atoms with Gasteiger partial charge in [-0.05, 0) is 32.3 Å². The highest BCUT2D eigenvalue weighted by Crippen LogP contribution is 2.18. The van der Waals surface area contributed by atoms with Crippen molar-refractivity contribution in [3.05, 3.63) is 18.5 Å². The molecule has 90 valence electrons. The van der Waals surface area contributed by atoms with E-state index in [9.17, 15) is 0 Å². The Morgan fingerprint density at radius 2 is 2.19 bits per heavy atom. The van der Waals surface area contributed by atoms with E-state index in [0.717, 1.165) is 19.0 Å². The van der Waals surface area contributed by atoms with E-state index in [1.54, 1.807) is 0 Å². The smallest absolute Gasteiger partial charge is 0.0489 e. The molecule has 1 aromatic heterocycles. The zero-order valence-corrected chi connectivity index (χ0v) is 10.2. The Kier molecular flexibility index (Phi) is 4.40. The van der Waals surface area contributed by atoms with Crippen LogP contribution in [-0.4, -0.2) is 21.9 Å². The van der Waals surface area contributed by atoms with Gasteiger partial charge in [0.05, 0.1) is 0 Å². The molecule has 1 heterocycles. The van der Waals surface area contributed by atoms with Gasteiger partial charge in [0.15, 0.2) is 0 Å². The van der Waals surface area contributed by atoms with Gasteiger partial charge in [0.2, 0.25) is 0 Å². The number of aryl methyl sites for hydroxylation is 1. The van der Waals surface area contributed by atoms with Crippen molar-refractivity contribution in [3.8, 4) is 0 Å². The minimum Gasteiger partial charge on any atom is -0.311 e. The Balaban J connectivity index is 1.65. The quantitative estimate of drug-likeness (QED) is 0.828. The minimum absolute atomic E-state index is 0.604. The summed E-state index contributed by atoms with van der Waals surface area (Å²) in [6.07, 6.45) is 12.0. The van der Waals surface area contributed by atoms with Crippen molar-refractivity contribution < 1.29 is 0 Å². The number of aromatic nitrogens is 2. The number of hydrogen-bond donors (Lipinski definition) is 1. The molecule has 1 aromatic rings. The van der Waals surface area contributed by atoms with Gasteiger partial charge in [-0.25, -0.2) is 0 Å². The van der Waals surface area contributed by atoms with Crippen molar-refractivity contribution in [3.63, 3.8) is 0 Å². The van der Waals surface area contributed by atoms with E-state index in [0.29, 0.717) is 6.04 Å². The third kappa shape index (κ3) is 3.63. The molecule has 16 heavy (non-hydrogen) atoms. The Bertz CT molecular complexity index is 275. The Labute approximate surface area is 98.2 Å². The summed E-state index contributed by atoms with van der Waals surface area (Å²) in [4.78, 5) is 0. The average molecular weight is 221 g/mol. The second kappa shape index (κ2) is 6.04. The summed E-state index contributed by atoms with van der Waals surface area (Å²) in [5, 5.41) is 7.96. The molecule has 0 bridgehead atoms. The van der Waals surface area contributed by atoms with Gasteiger partial charge in [0, 0.05) is 31.0 Å². The third-order valence-corrected chi connectivity index (χ3v) is 3.48. The summed E-state index contributed by atoms with van der Waals surface area (Å²) in [6, 6.07) is 3.35. The van der Waals surface area contributed by atoms with Crippen molar-refractivity contribution in [2.24, 2.45) is 0 Å². The van der Waals surface area contributed by atoms with Gasteiger partial charge in [-0.3, -0.25) is 4.68 Å². The molecule has 1 N–H and O–H groups in total. The molecule has 0 radical (unpaired) electrons. The molecule has 1 aliphatic carbocycles. The van der Waals surface area contributed by atoms with Gasteiger partial charge in [-0.2, -0.15) is 5.10 Å². The fraction of sp³-hybridized carbons (Fsp3) is 0.769. The van der Waals surface area contributed by atoms with Crippen LogP contribution in [0.25, 0.3) is 0 Å². The summed E-state index contributed by atoms with van der Waals surface area (Å²) in [7, 11) is 0. The number of hydrogen-bond acceptors (Lipinski definition) is 2. The van der Waals surface area contributed by atoms with E-state index >= 15 is 0 Å². The van der Waals surface area contributed by atoms with Crippen LogP contribution in [-0.2, 0) is 6.54 Å². The first kappa shape index (κ1) is 11.6. The Morgan fingerprint density at radius 1 is 1.38 bits per heavy atom. The molecule has 0 spiro atoms. The molecular formula is C13H23N3. The predicted octanol–water partition coefficient (Wildman–Crippen LogP) is 2.58. The highest BCUT2D eigenvalue weighted by molar-refractivity contribution is 4.79. The van der Waals surface area contributed by atoms with E-state index in [1.165, 1.54) is 32.1 Å². The van der Waals surface area contributed by atoms with Crippen LogP contribution in [0.1, 0.15) is 45.4 Å². The molecule has 3 heteroatoms. The molecule has 0 amide bonds. The van der Waals surface area contributed by atoms with Crippen molar-refractivity contribution >= 4 is 0 Å². The first-order valence-corrected chi connectivity index (χ1v) is 6.58. The van der Waals surface area contributed by atoms with E-state index in [-0.39, 0.29) is 0 Å². The highest BCUT2D eigenvalue weighted by Gasteiger charge is 2.15. The molecule has 0 saturated heterocycles. The Morgan fingerprint density at radius 3 is 2.88 bits per heavy atom. The van der Waals surface area contributed by atoms with Crippen molar-refractivity contribution in [1.82, 2.24) is 15.1 Å². The van der Waals surface area contributed by atoms with E-state index < -0.39 is 0 Å². The van der Waals surface area contributed by atoms with Crippen molar-refractivity contribution in [2.75, 3.05) is 0 Å². The van der Waals surface area contributed by atoms with Gasteiger partial charge in [-0.1, -0.05) is 19.3 Å². The molecule has 1 aliphatic rings. The predicted molar refractivity (Wildman–Crippen MR) is 66.3 cm³/mol. The first-order valence-electron chi connectivity index (χ1n) is 6.58. The lowest BCUT2D eigenvalue weighted by Gasteiger charge is -2.26. The molecule has 2 rings (SSSR count).